The van der Waals surface area contributed by atoms with Crippen LogP contribution in [-0.2, 0) is 10.3 Å². The lowest BCUT2D eigenvalue weighted by atomic mass is 9.81. The van der Waals surface area contributed by atoms with Crippen LogP contribution in [0.15, 0.2) is 59.1 Å². The highest BCUT2D eigenvalue weighted by molar-refractivity contribution is 9.10. The van der Waals surface area contributed by atoms with Crippen molar-refractivity contribution in [1.82, 2.24) is 4.90 Å². The van der Waals surface area contributed by atoms with Crippen LogP contribution in [-0.4, -0.2) is 40.5 Å². The number of carbonyl (C=O) groups excluding carboxylic acids is 1. The van der Waals surface area contributed by atoms with E-state index in [-0.39, 0.29) is 25.4 Å². The van der Waals surface area contributed by atoms with E-state index in [4.69, 9.17) is 4.74 Å². The van der Waals surface area contributed by atoms with Gasteiger partial charge in [-0.15, -0.1) is 0 Å². The Balaban J connectivity index is 2.31. The molecule has 6 heteroatoms. The maximum absolute atomic E-state index is 12.5. The number of amides is 1. The summed E-state index contributed by atoms with van der Waals surface area (Å²) >= 11 is 3.54. The smallest absolute Gasteiger partial charge is 0.409 e. The summed E-state index contributed by atoms with van der Waals surface area (Å²) in [5.74, 6) is 0. The van der Waals surface area contributed by atoms with E-state index in [9.17, 15) is 15.0 Å². The lowest BCUT2D eigenvalue weighted by Crippen LogP contribution is -2.41. The molecule has 2 unspecified atom stereocenters. The second-order valence-electron chi connectivity index (χ2n) is 8.00. The Kier molecular flexibility index (Phi) is 7.86. The number of nitrogens with zero attached hydrogens (tertiary/aromatic N) is 1. The molecule has 1 amide bonds. The first-order valence-corrected chi connectivity index (χ1v) is 10.5. The maximum Gasteiger partial charge on any atom is 0.409 e. The minimum atomic E-state index is -1.29. The Labute approximate surface area is 181 Å². The first kappa shape index (κ1) is 23.4. The summed E-state index contributed by atoms with van der Waals surface area (Å²) in [6, 6.07) is 16.7. The molecule has 29 heavy (non-hydrogen) atoms. The molecule has 0 heterocycles. The van der Waals surface area contributed by atoms with Crippen molar-refractivity contribution in [3.05, 3.63) is 70.2 Å². The zero-order valence-electron chi connectivity index (χ0n) is 17.4. The Bertz CT molecular complexity index is 806. The fourth-order valence-electron chi connectivity index (χ4n) is 3.65. The van der Waals surface area contributed by atoms with Crippen LogP contribution in [0.3, 0.4) is 0 Å². The molecule has 0 aliphatic heterocycles. The molecular formula is C23H30BrNO4. The van der Waals surface area contributed by atoms with E-state index >= 15 is 0 Å². The second kappa shape index (κ2) is 9.74. The van der Waals surface area contributed by atoms with Gasteiger partial charge in [-0.05, 0) is 44.4 Å². The third-order valence-corrected chi connectivity index (χ3v) is 5.76. The molecule has 0 aliphatic carbocycles. The summed E-state index contributed by atoms with van der Waals surface area (Å²) < 4.78 is 5.91. The molecule has 2 atom stereocenters. The fraction of sp³-hybridized carbons (Fsp3) is 0.435. The van der Waals surface area contributed by atoms with Crippen LogP contribution in [0, 0.1) is 0 Å². The zero-order valence-corrected chi connectivity index (χ0v) is 19.0. The first-order chi connectivity index (χ1) is 13.6. The molecule has 0 saturated heterocycles. The summed E-state index contributed by atoms with van der Waals surface area (Å²) in [5.41, 5.74) is -0.710. The van der Waals surface area contributed by atoms with Gasteiger partial charge in [0.1, 0.15) is 0 Å². The zero-order chi connectivity index (χ0) is 21.7. The van der Waals surface area contributed by atoms with E-state index in [1.807, 2.05) is 61.5 Å². The minimum absolute atomic E-state index is 0.141. The van der Waals surface area contributed by atoms with Crippen molar-refractivity contribution < 1.29 is 19.7 Å². The molecule has 2 N–H and O–H groups in total. The third-order valence-electron chi connectivity index (χ3n) is 5.03. The molecule has 0 aliphatic rings. The maximum atomic E-state index is 12.5. The normalized spacial score (nSPS) is 14.7. The standard InChI is InChI=1S/C23H30BrNO4/c1-17(19-12-8-9-13-20(19)24)25(21(26)29-4)15-14-23(28,16-22(2,3)27)18-10-6-5-7-11-18/h5-13,17,27-28H,14-16H2,1-4H3. The van der Waals surface area contributed by atoms with Gasteiger partial charge in [-0.25, -0.2) is 4.79 Å². The van der Waals surface area contributed by atoms with Crippen LogP contribution in [0.1, 0.15) is 50.8 Å². The number of ether oxygens (including phenoxy) is 1. The van der Waals surface area contributed by atoms with Crippen LogP contribution >= 0.6 is 15.9 Å². The van der Waals surface area contributed by atoms with Gasteiger partial charge in [0.15, 0.2) is 0 Å². The van der Waals surface area contributed by atoms with Gasteiger partial charge in [-0.1, -0.05) is 64.5 Å². The predicted molar refractivity (Wildman–Crippen MR) is 118 cm³/mol. The largest absolute Gasteiger partial charge is 0.453 e. The molecule has 0 saturated carbocycles. The highest BCUT2D eigenvalue weighted by Gasteiger charge is 2.36. The lowest BCUT2D eigenvalue weighted by Gasteiger charge is -2.37. The van der Waals surface area contributed by atoms with E-state index in [0.717, 1.165) is 10.0 Å². The number of methoxy groups -OCH3 is 1. The van der Waals surface area contributed by atoms with E-state index in [2.05, 4.69) is 15.9 Å². The van der Waals surface area contributed by atoms with Crippen LogP contribution in [0.5, 0.6) is 0 Å². The van der Waals surface area contributed by atoms with Crippen molar-refractivity contribution in [2.24, 2.45) is 0 Å². The molecule has 2 rings (SSSR count). The van der Waals surface area contributed by atoms with Crippen molar-refractivity contribution in [2.45, 2.75) is 50.9 Å². The second-order valence-corrected chi connectivity index (χ2v) is 8.85. The van der Waals surface area contributed by atoms with Gasteiger partial charge in [-0.3, -0.25) is 0 Å². The number of hydrogen-bond donors (Lipinski definition) is 2. The van der Waals surface area contributed by atoms with Gasteiger partial charge in [0, 0.05) is 17.4 Å². The highest BCUT2D eigenvalue weighted by Crippen LogP contribution is 2.35. The van der Waals surface area contributed by atoms with E-state index in [1.54, 1.807) is 18.7 Å². The monoisotopic (exact) mass is 463 g/mol. The van der Waals surface area contributed by atoms with Gasteiger partial charge < -0.3 is 19.8 Å². The van der Waals surface area contributed by atoms with Gasteiger partial charge >= 0.3 is 6.09 Å². The number of carbonyl (C=O) groups is 1. The average molecular weight is 464 g/mol. The molecule has 2 aromatic carbocycles. The van der Waals surface area contributed by atoms with Crippen molar-refractivity contribution in [1.29, 1.82) is 0 Å². The predicted octanol–water partition coefficient (Wildman–Crippen LogP) is 5.02. The number of benzene rings is 2. The Morgan fingerprint density at radius 1 is 1.10 bits per heavy atom. The Morgan fingerprint density at radius 2 is 1.69 bits per heavy atom. The topological polar surface area (TPSA) is 70.0 Å². The lowest BCUT2D eigenvalue weighted by molar-refractivity contribution is -0.0602. The molecule has 0 aromatic heterocycles. The number of halogens is 1. The van der Waals surface area contributed by atoms with Crippen LogP contribution in [0.25, 0.3) is 0 Å². The first-order valence-electron chi connectivity index (χ1n) is 9.67. The molecule has 0 fully saturated rings. The summed E-state index contributed by atoms with van der Waals surface area (Å²) in [6.45, 7) is 5.52. The highest BCUT2D eigenvalue weighted by atomic mass is 79.9. The molecule has 0 radical (unpaired) electrons. The van der Waals surface area contributed by atoms with Gasteiger partial charge in [0.2, 0.25) is 0 Å². The SMILES string of the molecule is COC(=O)N(CCC(O)(CC(C)(C)O)c1ccccc1)C(C)c1ccccc1Br. The third kappa shape index (κ3) is 6.29. The van der Waals surface area contributed by atoms with E-state index in [1.165, 1.54) is 7.11 Å². The molecule has 158 valence electrons. The number of hydrogen-bond acceptors (Lipinski definition) is 4. The van der Waals surface area contributed by atoms with Crippen molar-refractivity contribution >= 4 is 22.0 Å². The quantitative estimate of drug-likeness (QED) is 0.576. The van der Waals surface area contributed by atoms with Crippen molar-refractivity contribution in [3.63, 3.8) is 0 Å². The summed E-state index contributed by atoms with van der Waals surface area (Å²) in [4.78, 5) is 14.1. The number of rotatable bonds is 8. The molecule has 0 spiro atoms. The van der Waals surface area contributed by atoms with E-state index in [0.29, 0.717) is 5.56 Å². The molecule has 5 nitrogen and oxygen atoms in total. The molecule has 2 aromatic rings. The van der Waals surface area contributed by atoms with Gasteiger partial charge in [-0.2, -0.15) is 0 Å². The molecular weight excluding hydrogens is 434 g/mol. The van der Waals surface area contributed by atoms with E-state index < -0.39 is 17.3 Å². The fourth-order valence-corrected chi connectivity index (χ4v) is 4.26. The molecule has 0 bridgehead atoms. The van der Waals surface area contributed by atoms with Gasteiger partial charge in [0.05, 0.1) is 24.4 Å². The summed E-state index contributed by atoms with van der Waals surface area (Å²) in [5, 5.41) is 21.9. The van der Waals surface area contributed by atoms with Crippen LogP contribution in [0.2, 0.25) is 0 Å². The number of aliphatic hydroxyl groups is 2. The van der Waals surface area contributed by atoms with Crippen LogP contribution < -0.4 is 0 Å². The Morgan fingerprint density at radius 3 is 2.24 bits per heavy atom. The van der Waals surface area contributed by atoms with Crippen molar-refractivity contribution in [3.8, 4) is 0 Å². The minimum Gasteiger partial charge on any atom is -0.453 e. The summed E-state index contributed by atoms with van der Waals surface area (Å²) in [6.07, 6.45) is -0.0696. The Hall–Kier alpha value is -1.89. The summed E-state index contributed by atoms with van der Waals surface area (Å²) in [7, 11) is 1.35. The van der Waals surface area contributed by atoms with Gasteiger partial charge in [0.25, 0.3) is 0 Å². The van der Waals surface area contributed by atoms with Crippen molar-refractivity contribution in [2.75, 3.05) is 13.7 Å². The van der Waals surface area contributed by atoms with Crippen LogP contribution in [0.4, 0.5) is 4.79 Å². The average Bonchev–Trinajstić information content (AvgIpc) is 2.67.